The predicted molar refractivity (Wildman–Crippen MR) is 84.5 cm³/mol. The third-order valence-corrected chi connectivity index (χ3v) is 5.58. The molecule has 2 saturated carbocycles. The Morgan fingerprint density at radius 3 is 2.81 bits per heavy atom. The Kier molecular flexibility index (Phi) is 3.76. The molecule has 2 fully saturated rings. The fraction of sp³-hybridized carbons (Fsp3) is 0.824. The van der Waals surface area contributed by atoms with E-state index in [1.165, 1.54) is 62.3 Å². The van der Waals surface area contributed by atoms with Crippen LogP contribution in [0, 0.1) is 0 Å². The van der Waals surface area contributed by atoms with Gasteiger partial charge in [0.05, 0.1) is 5.69 Å². The topological polar surface area (TPSA) is 33.1 Å². The normalized spacial score (nSPS) is 23.0. The van der Waals surface area contributed by atoms with Gasteiger partial charge in [0, 0.05) is 50.3 Å². The van der Waals surface area contributed by atoms with Crippen molar-refractivity contribution < 1.29 is 0 Å². The van der Waals surface area contributed by atoms with Gasteiger partial charge in [-0.15, -0.1) is 0 Å². The van der Waals surface area contributed by atoms with Crippen LogP contribution in [0.25, 0.3) is 0 Å². The van der Waals surface area contributed by atoms with E-state index < -0.39 is 0 Å². The van der Waals surface area contributed by atoms with Gasteiger partial charge in [0.15, 0.2) is 0 Å². The highest BCUT2D eigenvalue weighted by Crippen LogP contribution is 2.35. The van der Waals surface area contributed by atoms with Gasteiger partial charge in [-0.1, -0.05) is 12.8 Å². The number of aromatic nitrogens is 2. The molecule has 0 spiro atoms. The van der Waals surface area contributed by atoms with Gasteiger partial charge in [0.1, 0.15) is 5.82 Å². The van der Waals surface area contributed by atoms with Crippen LogP contribution in [0.15, 0.2) is 0 Å². The second-order valence-corrected chi connectivity index (χ2v) is 7.13. The van der Waals surface area contributed by atoms with Crippen molar-refractivity contribution in [2.45, 2.75) is 70.0 Å². The van der Waals surface area contributed by atoms with Crippen LogP contribution in [0.2, 0.25) is 0 Å². The van der Waals surface area contributed by atoms with Crippen LogP contribution in [-0.4, -0.2) is 40.6 Å². The average Bonchev–Trinajstić information content (AvgIpc) is 3.10. The molecule has 0 amide bonds. The third kappa shape index (κ3) is 2.76. The first-order valence-corrected chi connectivity index (χ1v) is 8.82. The molecular weight excluding hydrogens is 260 g/mol. The summed E-state index contributed by atoms with van der Waals surface area (Å²) < 4.78 is 2.60. The molecule has 116 valence electrons. The zero-order valence-corrected chi connectivity index (χ0v) is 13.3. The minimum Gasteiger partial charge on any atom is -0.330 e. The van der Waals surface area contributed by atoms with E-state index in [2.05, 4.69) is 21.8 Å². The van der Waals surface area contributed by atoms with Crippen LogP contribution in [0.1, 0.15) is 61.7 Å². The van der Waals surface area contributed by atoms with Crippen molar-refractivity contribution in [2.75, 3.05) is 20.1 Å². The molecule has 1 aromatic rings. The molecule has 3 aliphatic rings. The lowest BCUT2D eigenvalue weighted by atomic mass is 10.1. The van der Waals surface area contributed by atoms with Crippen LogP contribution < -0.4 is 5.32 Å². The van der Waals surface area contributed by atoms with Crippen LogP contribution in [0.5, 0.6) is 0 Å². The van der Waals surface area contributed by atoms with E-state index in [4.69, 9.17) is 4.98 Å². The first-order chi connectivity index (χ1) is 10.3. The third-order valence-electron chi connectivity index (χ3n) is 5.58. The average molecular weight is 288 g/mol. The molecule has 1 aliphatic heterocycles. The highest BCUT2D eigenvalue weighted by Gasteiger charge is 2.29. The lowest BCUT2D eigenvalue weighted by Gasteiger charge is -2.21. The molecule has 2 aliphatic carbocycles. The Morgan fingerprint density at radius 2 is 2.05 bits per heavy atom. The van der Waals surface area contributed by atoms with Crippen molar-refractivity contribution in [1.82, 2.24) is 19.8 Å². The van der Waals surface area contributed by atoms with Gasteiger partial charge < -0.3 is 14.8 Å². The van der Waals surface area contributed by atoms with Gasteiger partial charge in [-0.25, -0.2) is 4.98 Å². The maximum atomic E-state index is 5.05. The van der Waals surface area contributed by atoms with E-state index >= 15 is 0 Å². The van der Waals surface area contributed by atoms with Crippen molar-refractivity contribution in [1.29, 1.82) is 0 Å². The van der Waals surface area contributed by atoms with Gasteiger partial charge >= 0.3 is 0 Å². The molecule has 2 heterocycles. The first-order valence-electron chi connectivity index (χ1n) is 8.82. The summed E-state index contributed by atoms with van der Waals surface area (Å²) in [7, 11) is 2.29. The number of hydrogen-bond acceptors (Lipinski definition) is 3. The highest BCUT2D eigenvalue weighted by molar-refractivity contribution is 5.22. The molecule has 0 atom stereocenters. The Hall–Kier alpha value is -0.870. The number of hydrogen-bond donors (Lipinski definition) is 1. The van der Waals surface area contributed by atoms with Gasteiger partial charge in [0.2, 0.25) is 0 Å². The summed E-state index contributed by atoms with van der Waals surface area (Å²) >= 11 is 0. The van der Waals surface area contributed by atoms with Gasteiger partial charge in [-0.2, -0.15) is 0 Å². The van der Waals surface area contributed by atoms with Gasteiger partial charge in [-0.3, -0.25) is 0 Å². The summed E-state index contributed by atoms with van der Waals surface area (Å²) in [4.78, 5) is 7.60. The lowest BCUT2D eigenvalue weighted by Crippen LogP contribution is -2.29. The predicted octanol–water partition coefficient (Wildman–Crippen LogP) is 2.28. The molecule has 21 heavy (non-hydrogen) atoms. The van der Waals surface area contributed by atoms with Gasteiger partial charge in [-0.05, 0) is 32.7 Å². The van der Waals surface area contributed by atoms with E-state index in [-0.39, 0.29) is 0 Å². The monoisotopic (exact) mass is 288 g/mol. The van der Waals surface area contributed by atoms with E-state index in [9.17, 15) is 0 Å². The molecule has 0 aromatic carbocycles. The van der Waals surface area contributed by atoms with E-state index in [1.807, 2.05) is 0 Å². The van der Waals surface area contributed by atoms with Crippen molar-refractivity contribution in [3.63, 3.8) is 0 Å². The number of likely N-dealkylation sites (N-methyl/N-ethyl adjacent to an activating group) is 1. The molecule has 4 heteroatoms. The smallest absolute Gasteiger partial charge is 0.112 e. The Balaban J connectivity index is 1.57. The second-order valence-electron chi connectivity index (χ2n) is 7.13. The Morgan fingerprint density at radius 1 is 1.24 bits per heavy atom. The summed E-state index contributed by atoms with van der Waals surface area (Å²) in [6.45, 7) is 4.41. The second kappa shape index (κ2) is 5.73. The maximum absolute atomic E-state index is 5.05. The summed E-state index contributed by atoms with van der Waals surface area (Å²) in [6.07, 6.45) is 9.44. The fourth-order valence-corrected chi connectivity index (χ4v) is 4.09. The minimum absolute atomic E-state index is 0.724. The van der Waals surface area contributed by atoms with Crippen LogP contribution in [0.4, 0.5) is 0 Å². The molecule has 1 N–H and O–H groups in total. The fourth-order valence-electron chi connectivity index (χ4n) is 4.09. The number of imidazole rings is 1. The molecular formula is C17H28N4. The van der Waals surface area contributed by atoms with E-state index in [0.29, 0.717) is 0 Å². The zero-order chi connectivity index (χ0) is 14.2. The minimum atomic E-state index is 0.724. The summed E-state index contributed by atoms with van der Waals surface area (Å²) in [6, 6.07) is 0.862. The van der Waals surface area contributed by atoms with E-state index in [0.717, 1.165) is 38.0 Å². The number of rotatable bonds is 5. The molecule has 0 saturated heterocycles. The Labute approximate surface area is 127 Å². The van der Waals surface area contributed by atoms with Crippen molar-refractivity contribution in [2.24, 2.45) is 0 Å². The largest absolute Gasteiger partial charge is 0.330 e. The van der Waals surface area contributed by atoms with Crippen LogP contribution in [0.3, 0.4) is 0 Å². The number of nitrogens with one attached hydrogen (secondary N) is 1. The number of fused-ring (bicyclic) bond motifs is 1. The molecule has 4 rings (SSSR count). The summed E-state index contributed by atoms with van der Waals surface area (Å²) in [5.74, 6) is 2.13. The van der Waals surface area contributed by atoms with Crippen LogP contribution >= 0.6 is 0 Å². The maximum Gasteiger partial charge on any atom is 0.112 e. The lowest BCUT2D eigenvalue weighted by molar-refractivity contribution is 0.304. The zero-order valence-electron chi connectivity index (χ0n) is 13.3. The van der Waals surface area contributed by atoms with E-state index in [1.54, 1.807) is 0 Å². The Bertz CT molecular complexity index is 497. The quantitative estimate of drug-likeness (QED) is 0.902. The summed E-state index contributed by atoms with van der Waals surface area (Å²) in [5, 5.41) is 3.48. The van der Waals surface area contributed by atoms with Gasteiger partial charge in [0.25, 0.3) is 0 Å². The SMILES string of the molecule is CN(CCn1c(C2CCCC2)nc2c1CCNC2)C1CC1. The molecule has 0 bridgehead atoms. The first kappa shape index (κ1) is 13.8. The van der Waals surface area contributed by atoms with Crippen molar-refractivity contribution >= 4 is 0 Å². The summed E-state index contributed by atoms with van der Waals surface area (Å²) in [5.41, 5.74) is 2.86. The molecule has 0 radical (unpaired) electrons. The van der Waals surface area contributed by atoms with Crippen molar-refractivity contribution in [3.8, 4) is 0 Å². The molecule has 1 aromatic heterocycles. The highest BCUT2D eigenvalue weighted by atomic mass is 15.2. The standard InChI is InChI=1S/C17H28N4/c1-20(14-6-7-14)10-11-21-16-8-9-18-12-15(16)19-17(21)13-4-2-3-5-13/h13-14,18H,2-12H2,1H3. The number of nitrogens with zero attached hydrogens (tertiary/aromatic N) is 3. The molecule has 4 nitrogen and oxygen atoms in total. The van der Waals surface area contributed by atoms with Crippen LogP contribution in [-0.2, 0) is 19.5 Å². The van der Waals surface area contributed by atoms with Crippen molar-refractivity contribution in [3.05, 3.63) is 17.2 Å². The molecule has 0 unspecified atom stereocenters.